The maximum absolute atomic E-state index is 12.5. The Hall–Kier alpha value is -2.08. The maximum Gasteiger partial charge on any atom is 0.321 e. The normalized spacial score (nSPS) is 19.6. The van der Waals surface area contributed by atoms with Crippen molar-refractivity contribution < 1.29 is 14.3 Å². The zero-order valence-electron chi connectivity index (χ0n) is 17.1. The van der Waals surface area contributed by atoms with Gasteiger partial charge in [0.2, 0.25) is 5.91 Å². The predicted octanol–water partition coefficient (Wildman–Crippen LogP) is 4.55. The number of amides is 3. The van der Waals surface area contributed by atoms with E-state index in [9.17, 15) is 9.59 Å². The minimum absolute atomic E-state index is 0.0929. The van der Waals surface area contributed by atoms with Crippen molar-refractivity contribution >= 4 is 23.3 Å². The Labute approximate surface area is 168 Å². The fourth-order valence-electron chi connectivity index (χ4n) is 4.01. The second-order valence-corrected chi connectivity index (χ2v) is 8.13. The van der Waals surface area contributed by atoms with Gasteiger partial charge >= 0.3 is 6.03 Å². The number of carbonyl (C=O) groups is 2. The lowest BCUT2D eigenvalue weighted by Crippen LogP contribution is -2.32. The lowest BCUT2D eigenvalue weighted by molar-refractivity contribution is -0.119. The number of benzene rings is 1. The summed E-state index contributed by atoms with van der Waals surface area (Å²) in [5.41, 5.74) is 2.47. The van der Waals surface area contributed by atoms with E-state index in [2.05, 4.69) is 10.6 Å². The molecule has 0 radical (unpaired) electrons. The first-order valence-corrected chi connectivity index (χ1v) is 10.6. The van der Waals surface area contributed by atoms with Crippen LogP contribution in [-0.2, 0) is 9.53 Å². The van der Waals surface area contributed by atoms with Crippen molar-refractivity contribution in [1.82, 2.24) is 4.90 Å². The van der Waals surface area contributed by atoms with Crippen molar-refractivity contribution in [2.24, 2.45) is 5.92 Å². The summed E-state index contributed by atoms with van der Waals surface area (Å²) in [4.78, 5) is 26.6. The van der Waals surface area contributed by atoms with Crippen LogP contribution in [0.1, 0.15) is 56.9 Å². The number of rotatable bonds is 7. The number of nitrogens with zero attached hydrogens (tertiary/aromatic N) is 1. The number of aryl methyl sites for hydroxylation is 1. The second-order valence-electron chi connectivity index (χ2n) is 8.13. The number of hydrogen-bond donors (Lipinski definition) is 2. The van der Waals surface area contributed by atoms with Crippen LogP contribution in [0.2, 0.25) is 0 Å². The fraction of sp³-hybridized carbons (Fsp3) is 0.636. The standard InChI is InChI=1S/C22H33N3O3/c1-16-11-12-18(15-20(16)24-21(26)17-7-3-4-8-17)23-22(27)25(2)13-5-9-19-10-6-14-28-19/h11-12,15,17,19H,3-10,13-14H2,1-2H3,(H,23,27)(H,24,26). The van der Waals surface area contributed by atoms with Gasteiger partial charge in [-0.05, 0) is 63.1 Å². The van der Waals surface area contributed by atoms with Gasteiger partial charge in [-0.1, -0.05) is 18.9 Å². The van der Waals surface area contributed by atoms with E-state index in [1.165, 1.54) is 0 Å². The summed E-state index contributed by atoms with van der Waals surface area (Å²) in [6.45, 7) is 3.53. The molecule has 0 aromatic heterocycles. The predicted molar refractivity (Wildman–Crippen MR) is 112 cm³/mol. The molecule has 1 aliphatic heterocycles. The highest BCUT2D eigenvalue weighted by Crippen LogP contribution is 2.27. The van der Waals surface area contributed by atoms with Crippen LogP contribution < -0.4 is 10.6 Å². The Kier molecular flexibility index (Phi) is 7.31. The van der Waals surface area contributed by atoms with Gasteiger partial charge in [-0.3, -0.25) is 4.79 Å². The molecular formula is C22H33N3O3. The van der Waals surface area contributed by atoms with Crippen molar-refractivity contribution in [2.45, 2.75) is 64.4 Å². The topological polar surface area (TPSA) is 70.7 Å². The first kappa shape index (κ1) is 20.6. The highest BCUT2D eigenvalue weighted by Gasteiger charge is 2.23. The summed E-state index contributed by atoms with van der Waals surface area (Å²) < 4.78 is 5.63. The van der Waals surface area contributed by atoms with E-state index in [0.717, 1.165) is 69.2 Å². The summed E-state index contributed by atoms with van der Waals surface area (Å²) in [6.07, 6.45) is 8.78. The second kappa shape index (κ2) is 9.92. The van der Waals surface area contributed by atoms with Crippen LogP contribution in [0.25, 0.3) is 0 Å². The molecule has 1 aromatic rings. The number of urea groups is 1. The molecule has 2 N–H and O–H groups in total. The van der Waals surface area contributed by atoms with E-state index in [0.29, 0.717) is 18.3 Å². The third kappa shape index (κ3) is 5.71. The van der Waals surface area contributed by atoms with Gasteiger partial charge in [0, 0.05) is 37.5 Å². The van der Waals surface area contributed by atoms with E-state index in [4.69, 9.17) is 4.74 Å². The van der Waals surface area contributed by atoms with Gasteiger partial charge in [0.1, 0.15) is 0 Å². The smallest absolute Gasteiger partial charge is 0.321 e. The lowest BCUT2D eigenvalue weighted by Gasteiger charge is -2.20. The van der Waals surface area contributed by atoms with E-state index < -0.39 is 0 Å². The Morgan fingerprint density at radius 2 is 1.93 bits per heavy atom. The van der Waals surface area contributed by atoms with Gasteiger partial charge in [-0.15, -0.1) is 0 Å². The van der Waals surface area contributed by atoms with Crippen molar-refractivity contribution in [3.05, 3.63) is 23.8 Å². The first-order chi connectivity index (χ1) is 13.5. The molecule has 3 rings (SSSR count). The first-order valence-electron chi connectivity index (χ1n) is 10.6. The van der Waals surface area contributed by atoms with Crippen LogP contribution in [0.15, 0.2) is 18.2 Å². The van der Waals surface area contributed by atoms with Crippen LogP contribution in [0, 0.1) is 12.8 Å². The van der Waals surface area contributed by atoms with E-state index in [-0.39, 0.29) is 17.9 Å². The largest absolute Gasteiger partial charge is 0.378 e. The molecule has 2 aliphatic rings. The van der Waals surface area contributed by atoms with Crippen LogP contribution in [0.5, 0.6) is 0 Å². The molecule has 2 fully saturated rings. The summed E-state index contributed by atoms with van der Waals surface area (Å²) in [5, 5.41) is 5.98. The third-order valence-electron chi connectivity index (χ3n) is 5.86. The van der Waals surface area contributed by atoms with Gasteiger partial charge in [0.05, 0.1) is 6.10 Å². The number of nitrogens with one attached hydrogen (secondary N) is 2. The molecule has 0 spiro atoms. The quantitative estimate of drug-likeness (QED) is 0.721. The molecule has 1 aliphatic carbocycles. The fourth-order valence-corrected chi connectivity index (χ4v) is 4.01. The molecule has 3 amide bonds. The van der Waals surface area contributed by atoms with Crippen LogP contribution >= 0.6 is 0 Å². The average molecular weight is 388 g/mol. The third-order valence-corrected chi connectivity index (χ3v) is 5.86. The summed E-state index contributed by atoms with van der Waals surface area (Å²) in [5.74, 6) is 0.211. The zero-order valence-corrected chi connectivity index (χ0v) is 17.1. The highest BCUT2D eigenvalue weighted by atomic mass is 16.5. The van der Waals surface area contributed by atoms with Gasteiger partial charge in [-0.25, -0.2) is 4.79 Å². The Bertz CT molecular complexity index is 680. The minimum atomic E-state index is -0.135. The summed E-state index contributed by atoms with van der Waals surface area (Å²) in [7, 11) is 1.81. The molecule has 0 bridgehead atoms. The Balaban J connectivity index is 1.49. The molecule has 1 heterocycles. The average Bonchev–Trinajstić information content (AvgIpc) is 3.38. The van der Waals surface area contributed by atoms with Crippen molar-refractivity contribution in [1.29, 1.82) is 0 Å². The van der Waals surface area contributed by atoms with Crippen LogP contribution in [-0.4, -0.2) is 43.1 Å². The van der Waals surface area contributed by atoms with E-state index >= 15 is 0 Å². The molecule has 6 nitrogen and oxygen atoms in total. The molecule has 1 saturated carbocycles. The molecule has 6 heteroatoms. The van der Waals surface area contributed by atoms with Gasteiger partial charge in [-0.2, -0.15) is 0 Å². The monoisotopic (exact) mass is 387 g/mol. The zero-order chi connectivity index (χ0) is 19.9. The Morgan fingerprint density at radius 3 is 2.64 bits per heavy atom. The lowest BCUT2D eigenvalue weighted by atomic mass is 10.1. The van der Waals surface area contributed by atoms with Crippen molar-refractivity contribution in [2.75, 3.05) is 30.8 Å². The SMILES string of the molecule is Cc1ccc(NC(=O)N(C)CCCC2CCCO2)cc1NC(=O)C1CCCC1. The molecular weight excluding hydrogens is 354 g/mol. The molecule has 1 unspecified atom stereocenters. The van der Waals surface area contributed by atoms with Crippen molar-refractivity contribution in [3.8, 4) is 0 Å². The van der Waals surface area contributed by atoms with Crippen LogP contribution in [0.4, 0.5) is 16.2 Å². The Morgan fingerprint density at radius 1 is 1.14 bits per heavy atom. The highest BCUT2D eigenvalue weighted by molar-refractivity contribution is 5.95. The summed E-state index contributed by atoms with van der Waals surface area (Å²) in [6, 6.07) is 5.51. The summed E-state index contributed by atoms with van der Waals surface area (Å²) >= 11 is 0. The van der Waals surface area contributed by atoms with E-state index in [1.807, 2.05) is 32.2 Å². The molecule has 154 valence electrons. The number of anilines is 2. The minimum Gasteiger partial charge on any atom is -0.378 e. The molecule has 1 atom stereocenters. The number of ether oxygens (including phenoxy) is 1. The van der Waals surface area contributed by atoms with Gasteiger partial charge in [0.15, 0.2) is 0 Å². The van der Waals surface area contributed by atoms with E-state index in [1.54, 1.807) is 4.90 Å². The number of carbonyl (C=O) groups excluding carboxylic acids is 2. The van der Waals surface area contributed by atoms with Crippen molar-refractivity contribution in [3.63, 3.8) is 0 Å². The molecule has 28 heavy (non-hydrogen) atoms. The van der Waals surface area contributed by atoms with Crippen LogP contribution in [0.3, 0.4) is 0 Å². The molecule has 1 saturated heterocycles. The van der Waals surface area contributed by atoms with Gasteiger partial charge in [0.25, 0.3) is 0 Å². The maximum atomic E-state index is 12.5. The van der Waals surface area contributed by atoms with Gasteiger partial charge < -0.3 is 20.3 Å². The number of hydrogen-bond acceptors (Lipinski definition) is 3. The molecule has 1 aromatic carbocycles.